The third-order valence-electron chi connectivity index (χ3n) is 5.64. The molecule has 142 valence electrons. The van der Waals surface area contributed by atoms with Gasteiger partial charge in [0.25, 0.3) is 0 Å². The Morgan fingerprint density at radius 2 is 1.96 bits per heavy atom. The lowest BCUT2D eigenvalue weighted by Gasteiger charge is -2.41. The monoisotopic (exact) mass is 357 g/mol. The van der Waals surface area contributed by atoms with Crippen LogP contribution in [-0.4, -0.2) is 48.1 Å². The Balaban J connectivity index is 1.59. The third kappa shape index (κ3) is 4.04. The lowest BCUT2D eigenvalue weighted by atomic mass is 9.98. The number of piperidine rings is 1. The highest BCUT2D eigenvalue weighted by Crippen LogP contribution is 2.27. The fourth-order valence-corrected chi connectivity index (χ4v) is 3.60. The molecule has 0 radical (unpaired) electrons. The Hall–Kier alpha value is -2.01. The van der Waals surface area contributed by atoms with Gasteiger partial charge >= 0.3 is 6.03 Å². The van der Waals surface area contributed by atoms with Crippen molar-refractivity contribution in [3.8, 4) is 0 Å². The second kappa shape index (κ2) is 7.70. The summed E-state index contributed by atoms with van der Waals surface area (Å²) in [6.07, 6.45) is 3.82. The van der Waals surface area contributed by atoms with Crippen LogP contribution in [-0.2, 0) is 0 Å². The maximum absolute atomic E-state index is 12.7. The van der Waals surface area contributed by atoms with Gasteiger partial charge in [0.2, 0.25) is 0 Å². The van der Waals surface area contributed by atoms with E-state index in [9.17, 15) is 4.79 Å². The number of carbonyl (C=O) groups excluding carboxylic acids is 1. The van der Waals surface area contributed by atoms with Gasteiger partial charge in [-0.25, -0.2) is 4.79 Å². The Labute approximate surface area is 156 Å². The number of furan rings is 1. The normalized spacial score (nSPS) is 17.2. The minimum absolute atomic E-state index is 0.0283. The average Bonchev–Trinajstić information content (AvgIpc) is 3.10. The second-order valence-corrected chi connectivity index (χ2v) is 7.99. The predicted octanol–water partition coefficient (Wildman–Crippen LogP) is 4.40. The predicted molar refractivity (Wildman–Crippen MR) is 105 cm³/mol. The zero-order valence-electron chi connectivity index (χ0n) is 16.4. The molecule has 5 nitrogen and oxygen atoms in total. The van der Waals surface area contributed by atoms with Crippen LogP contribution >= 0.6 is 0 Å². The van der Waals surface area contributed by atoms with Crippen molar-refractivity contribution >= 4 is 17.0 Å². The van der Waals surface area contributed by atoms with Gasteiger partial charge in [0.15, 0.2) is 0 Å². The van der Waals surface area contributed by atoms with Crippen molar-refractivity contribution < 1.29 is 9.21 Å². The van der Waals surface area contributed by atoms with E-state index in [1.54, 1.807) is 4.90 Å². The molecule has 0 saturated carbocycles. The molecule has 2 heterocycles. The number of nitrogens with one attached hydrogen (secondary N) is 1. The Morgan fingerprint density at radius 1 is 1.27 bits per heavy atom. The van der Waals surface area contributed by atoms with E-state index in [0.717, 1.165) is 29.8 Å². The summed E-state index contributed by atoms with van der Waals surface area (Å²) in [6.45, 7) is 9.29. The summed E-state index contributed by atoms with van der Waals surface area (Å²) in [4.78, 5) is 16.9. The largest absolute Gasteiger partial charge is 0.459 e. The van der Waals surface area contributed by atoms with Crippen LogP contribution in [0.2, 0.25) is 0 Å². The van der Waals surface area contributed by atoms with Crippen LogP contribution in [0.15, 0.2) is 34.7 Å². The SMILES string of the molecule is CC(c1cc2ccccc2o1)N(C)C(=O)NCC(C)(C)N1CCCCC1. The van der Waals surface area contributed by atoms with E-state index in [1.807, 2.05) is 44.3 Å². The first-order chi connectivity index (χ1) is 12.4. The number of carbonyl (C=O) groups is 1. The molecule has 1 aliphatic heterocycles. The molecule has 1 aliphatic rings. The zero-order valence-corrected chi connectivity index (χ0v) is 16.4. The first-order valence-electron chi connectivity index (χ1n) is 9.63. The van der Waals surface area contributed by atoms with Crippen LogP contribution in [0.5, 0.6) is 0 Å². The van der Waals surface area contributed by atoms with Gasteiger partial charge in [-0.1, -0.05) is 24.6 Å². The molecule has 1 atom stereocenters. The Bertz CT molecular complexity index is 714. The van der Waals surface area contributed by atoms with Crippen LogP contribution in [0.3, 0.4) is 0 Å². The number of para-hydroxylation sites is 1. The molecule has 2 amide bonds. The summed E-state index contributed by atoms with van der Waals surface area (Å²) >= 11 is 0. The molecule has 3 rings (SSSR count). The van der Waals surface area contributed by atoms with E-state index in [0.29, 0.717) is 6.54 Å². The number of nitrogens with zero attached hydrogens (tertiary/aromatic N) is 2. The minimum Gasteiger partial charge on any atom is -0.459 e. The van der Waals surface area contributed by atoms with Crippen molar-refractivity contribution in [3.63, 3.8) is 0 Å². The van der Waals surface area contributed by atoms with E-state index in [-0.39, 0.29) is 17.6 Å². The number of rotatable bonds is 5. The summed E-state index contributed by atoms with van der Waals surface area (Å²) in [5.41, 5.74) is 0.828. The molecule has 1 N–H and O–H groups in total. The standard InChI is InChI=1S/C21H31N3O2/c1-16(19-14-17-10-6-7-11-18(17)26-19)23(4)20(25)22-15-21(2,3)24-12-8-5-9-13-24/h6-7,10-11,14,16H,5,8-9,12-13,15H2,1-4H3,(H,22,25). The molecule has 0 aliphatic carbocycles. The number of hydrogen-bond donors (Lipinski definition) is 1. The molecule has 1 fully saturated rings. The van der Waals surface area contributed by atoms with Crippen molar-refractivity contribution in [2.75, 3.05) is 26.7 Å². The van der Waals surface area contributed by atoms with Crippen molar-refractivity contribution in [1.29, 1.82) is 0 Å². The van der Waals surface area contributed by atoms with Crippen molar-refractivity contribution in [1.82, 2.24) is 15.1 Å². The lowest BCUT2D eigenvalue weighted by molar-refractivity contribution is 0.0934. The highest BCUT2D eigenvalue weighted by atomic mass is 16.3. The number of hydrogen-bond acceptors (Lipinski definition) is 3. The molecule has 1 aromatic carbocycles. The van der Waals surface area contributed by atoms with Gasteiger partial charge < -0.3 is 14.6 Å². The lowest BCUT2D eigenvalue weighted by Crippen LogP contribution is -2.54. The van der Waals surface area contributed by atoms with Crippen molar-refractivity contribution in [2.45, 2.75) is 51.6 Å². The van der Waals surface area contributed by atoms with Gasteiger partial charge in [0.05, 0.1) is 6.04 Å². The Morgan fingerprint density at radius 3 is 2.65 bits per heavy atom. The molecule has 0 spiro atoms. The van der Waals surface area contributed by atoms with Crippen LogP contribution < -0.4 is 5.32 Å². The summed E-state index contributed by atoms with van der Waals surface area (Å²) in [5.74, 6) is 0.805. The van der Waals surface area contributed by atoms with Gasteiger partial charge in [-0.2, -0.15) is 0 Å². The molecule has 26 heavy (non-hydrogen) atoms. The van der Waals surface area contributed by atoms with Gasteiger partial charge in [-0.05, 0) is 58.8 Å². The number of amides is 2. The second-order valence-electron chi connectivity index (χ2n) is 7.99. The first-order valence-corrected chi connectivity index (χ1v) is 9.63. The summed E-state index contributed by atoms with van der Waals surface area (Å²) < 4.78 is 5.91. The third-order valence-corrected chi connectivity index (χ3v) is 5.64. The van der Waals surface area contributed by atoms with Crippen LogP contribution in [0, 0.1) is 0 Å². The minimum atomic E-state index is -0.125. The fraction of sp³-hybridized carbons (Fsp3) is 0.571. The molecule has 1 saturated heterocycles. The molecular formula is C21H31N3O2. The van der Waals surface area contributed by atoms with Crippen LogP contribution in [0.25, 0.3) is 11.0 Å². The van der Waals surface area contributed by atoms with E-state index in [2.05, 4.69) is 24.1 Å². The fourth-order valence-electron chi connectivity index (χ4n) is 3.60. The molecule has 0 bridgehead atoms. The smallest absolute Gasteiger partial charge is 0.317 e. The number of likely N-dealkylation sites (tertiary alicyclic amines) is 1. The summed E-state index contributed by atoms with van der Waals surface area (Å²) in [7, 11) is 1.82. The van der Waals surface area contributed by atoms with Crippen LogP contribution in [0.1, 0.15) is 51.8 Å². The van der Waals surface area contributed by atoms with E-state index < -0.39 is 0 Å². The quantitative estimate of drug-likeness (QED) is 0.863. The Kier molecular flexibility index (Phi) is 5.56. The van der Waals surface area contributed by atoms with Gasteiger partial charge in [0.1, 0.15) is 11.3 Å². The van der Waals surface area contributed by atoms with E-state index in [4.69, 9.17) is 4.42 Å². The van der Waals surface area contributed by atoms with Gasteiger partial charge in [-0.3, -0.25) is 4.90 Å². The van der Waals surface area contributed by atoms with E-state index >= 15 is 0 Å². The van der Waals surface area contributed by atoms with Gasteiger partial charge in [0, 0.05) is 24.5 Å². The molecule has 2 aromatic rings. The van der Waals surface area contributed by atoms with Gasteiger partial charge in [-0.15, -0.1) is 0 Å². The molecule has 1 unspecified atom stereocenters. The number of fused-ring (bicyclic) bond motifs is 1. The molecular weight excluding hydrogens is 326 g/mol. The average molecular weight is 357 g/mol. The summed E-state index contributed by atoms with van der Waals surface area (Å²) in [6, 6.07) is 9.75. The van der Waals surface area contributed by atoms with Crippen molar-refractivity contribution in [3.05, 3.63) is 36.1 Å². The number of urea groups is 1. The van der Waals surface area contributed by atoms with E-state index in [1.165, 1.54) is 19.3 Å². The molecule has 5 heteroatoms. The van der Waals surface area contributed by atoms with Crippen molar-refractivity contribution in [2.24, 2.45) is 0 Å². The summed E-state index contributed by atoms with van der Waals surface area (Å²) in [5, 5.41) is 4.17. The maximum atomic E-state index is 12.7. The molecule has 1 aromatic heterocycles. The highest BCUT2D eigenvalue weighted by Gasteiger charge is 2.29. The number of benzene rings is 1. The first kappa shape index (κ1) is 18.8. The van der Waals surface area contributed by atoms with Crippen LogP contribution in [0.4, 0.5) is 4.79 Å². The topological polar surface area (TPSA) is 48.7 Å². The maximum Gasteiger partial charge on any atom is 0.317 e. The highest BCUT2D eigenvalue weighted by molar-refractivity contribution is 5.78. The zero-order chi connectivity index (χ0) is 18.7.